The van der Waals surface area contributed by atoms with Crippen LogP contribution in [0.25, 0.3) is 5.57 Å². The fourth-order valence-electron chi connectivity index (χ4n) is 6.33. The first-order chi connectivity index (χ1) is 20.7. The zero-order chi connectivity index (χ0) is 30.0. The van der Waals surface area contributed by atoms with E-state index in [1.165, 1.54) is 29.8 Å². The van der Waals surface area contributed by atoms with Crippen molar-refractivity contribution in [3.63, 3.8) is 0 Å². The summed E-state index contributed by atoms with van der Waals surface area (Å²) in [6.07, 6.45) is 2.90. The number of allylic oxidation sites excluding steroid dienone is 2. The Morgan fingerprint density at radius 1 is 0.860 bits per heavy atom. The summed E-state index contributed by atoms with van der Waals surface area (Å²) >= 11 is 0. The summed E-state index contributed by atoms with van der Waals surface area (Å²) in [4.78, 5) is 11.5. The Morgan fingerprint density at radius 2 is 1.56 bits per heavy atom. The number of phenols is 2. The summed E-state index contributed by atoms with van der Waals surface area (Å²) in [7, 11) is 3.32. The van der Waals surface area contributed by atoms with E-state index in [0.29, 0.717) is 28.9 Å². The van der Waals surface area contributed by atoms with Crippen molar-refractivity contribution in [2.24, 2.45) is 0 Å². The normalized spacial score (nSPS) is 23.7. The number of aliphatic hydroxyl groups excluding tert-OH is 1. The van der Waals surface area contributed by atoms with Crippen LogP contribution in [0.1, 0.15) is 34.3 Å². The van der Waals surface area contributed by atoms with Crippen LogP contribution in [0.4, 0.5) is 0 Å². The lowest BCUT2D eigenvalue weighted by atomic mass is 9.85. The number of ether oxygens (including phenoxy) is 5. The number of fused-ring (bicyclic) bond motifs is 9. The first kappa shape index (κ1) is 26.8. The van der Waals surface area contributed by atoms with Crippen LogP contribution < -0.4 is 18.9 Å². The molecule has 0 saturated carbocycles. The van der Waals surface area contributed by atoms with E-state index in [1.807, 2.05) is 30.3 Å². The highest BCUT2D eigenvalue weighted by molar-refractivity contribution is 6.06. The van der Waals surface area contributed by atoms with Crippen LogP contribution in [0.3, 0.4) is 0 Å². The van der Waals surface area contributed by atoms with Gasteiger partial charge in [-0.2, -0.15) is 0 Å². The van der Waals surface area contributed by atoms with Gasteiger partial charge in [0, 0.05) is 40.8 Å². The van der Waals surface area contributed by atoms with E-state index in [-0.39, 0.29) is 42.3 Å². The molecule has 8 rings (SSSR count). The molecule has 0 fully saturated rings. The van der Waals surface area contributed by atoms with Crippen LogP contribution in [0.15, 0.2) is 77.8 Å². The standard InChI is InChI=1S/C17H16O4.C16H12O6/c1-18-10-4-6-13-15(7-10)20-9-14-12-5-3-11(19-2)8-16(12)21-17(13)14;17-10-2-1-8-13-9-4-12(19)11(18)3-7(9)5-16(13,21)6-22-15(8)14(10)20/h3-8,14,17H,9H2,1-2H3;1-4,18-21H,5-6H2. The summed E-state index contributed by atoms with van der Waals surface area (Å²) < 4.78 is 28.0. The van der Waals surface area contributed by atoms with Crippen molar-refractivity contribution in [1.82, 2.24) is 0 Å². The highest BCUT2D eigenvalue weighted by Gasteiger charge is 2.48. The third kappa shape index (κ3) is 4.17. The molecule has 3 aromatic carbocycles. The van der Waals surface area contributed by atoms with Gasteiger partial charge in [0.25, 0.3) is 0 Å². The van der Waals surface area contributed by atoms with E-state index >= 15 is 0 Å². The van der Waals surface area contributed by atoms with E-state index < -0.39 is 17.1 Å². The van der Waals surface area contributed by atoms with Gasteiger partial charge in [-0.1, -0.05) is 6.07 Å². The minimum absolute atomic E-state index is 0.00163. The van der Waals surface area contributed by atoms with Gasteiger partial charge in [0.2, 0.25) is 11.5 Å². The highest BCUT2D eigenvalue weighted by atomic mass is 16.5. The molecule has 3 atom stereocenters. The van der Waals surface area contributed by atoms with E-state index in [0.717, 1.165) is 28.6 Å². The highest BCUT2D eigenvalue weighted by Crippen LogP contribution is 2.53. The van der Waals surface area contributed by atoms with Crippen molar-refractivity contribution < 1.29 is 48.9 Å². The lowest BCUT2D eigenvalue weighted by molar-refractivity contribution is -0.114. The number of aromatic hydroxyl groups is 2. The fraction of sp³-hybridized carbons (Fsp3) is 0.242. The molecule has 0 bridgehead atoms. The zero-order valence-electron chi connectivity index (χ0n) is 23.3. The SMILES string of the molecule is COc1ccc2c(c1)OC1c3ccc(OC)cc3OCC21.O=C1C=CC2=C3c4cc(O)c(O)cc4CC3(O)COC2=C1O. The Hall–Kier alpha value is -5.09. The summed E-state index contributed by atoms with van der Waals surface area (Å²) in [5, 5.41) is 40.1. The van der Waals surface area contributed by atoms with E-state index in [9.17, 15) is 25.2 Å². The molecular weight excluding hydrogens is 556 g/mol. The number of carbonyl (C=O) groups excluding carboxylic acids is 1. The first-order valence-corrected chi connectivity index (χ1v) is 13.7. The maximum atomic E-state index is 11.5. The number of benzene rings is 3. The van der Waals surface area contributed by atoms with Gasteiger partial charge >= 0.3 is 0 Å². The van der Waals surface area contributed by atoms with E-state index in [1.54, 1.807) is 14.2 Å². The summed E-state index contributed by atoms with van der Waals surface area (Å²) in [5.74, 6) is 1.98. The maximum Gasteiger partial charge on any atom is 0.224 e. The van der Waals surface area contributed by atoms with Gasteiger partial charge in [-0.3, -0.25) is 4.79 Å². The average molecular weight is 585 g/mol. The monoisotopic (exact) mass is 584 g/mol. The van der Waals surface area contributed by atoms with Gasteiger partial charge in [0.15, 0.2) is 17.3 Å². The third-order valence-corrected chi connectivity index (χ3v) is 8.42. The molecular formula is C33H28O10. The molecule has 3 heterocycles. The molecule has 0 amide bonds. The Morgan fingerprint density at radius 3 is 2.30 bits per heavy atom. The quantitative estimate of drug-likeness (QED) is 0.320. The lowest BCUT2D eigenvalue weighted by Gasteiger charge is -2.33. The second-order valence-electron chi connectivity index (χ2n) is 10.9. The second-order valence-corrected chi connectivity index (χ2v) is 10.9. The van der Waals surface area contributed by atoms with Crippen LogP contribution in [0, 0.1) is 0 Å². The van der Waals surface area contributed by atoms with E-state index in [2.05, 4.69) is 6.07 Å². The average Bonchev–Trinajstić information content (AvgIpc) is 3.53. The molecule has 10 nitrogen and oxygen atoms in total. The van der Waals surface area contributed by atoms with Gasteiger partial charge in [-0.25, -0.2) is 0 Å². The molecule has 3 aliphatic heterocycles. The van der Waals surface area contributed by atoms with Crippen molar-refractivity contribution >= 4 is 11.4 Å². The minimum atomic E-state index is -1.33. The number of methoxy groups -OCH3 is 2. The van der Waals surface area contributed by atoms with Crippen LogP contribution >= 0.6 is 0 Å². The molecule has 2 aliphatic carbocycles. The van der Waals surface area contributed by atoms with Gasteiger partial charge < -0.3 is 44.1 Å². The Kier molecular flexibility index (Phi) is 6.07. The fourth-order valence-corrected chi connectivity index (χ4v) is 6.33. The molecule has 3 unspecified atom stereocenters. The summed E-state index contributed by atoms with van der Waals surface area (Å²) in [5.41, 5.74) is 3.05. The molecule has 0 saturated heterocycles. The Labute approximate surface area is 246 Å². The van der Waals surface area contributed by atoms with Gasteiger partial charge in [0.1, 0.15) is 41.3 Å². The maximum absolute atomic E-state index is 11.5. The third-order valence-electron chi connectivity index (χ3n) is 8.42. The molecule has 0 radical (unpaired) electrons. The molecule has 3 aromatic rings. The number of rotatable bonds is 2. The van der Waals surface area contributed by atoms with Crippen LogP contribution in [0.2, 0.25) is 0 Å². The minimum Gasteiger partial charge on any atom is -0.504 e. The lowest BCUT2D eigenvalue weighted by Crippen LogP contribution is -2.39. The van der Waals surface area contributed by atoms with E-state index in [4.69, 9.17) is 23.7 Å². The Bertz CT molecular complexity index is 1780. The molecule has 43 heavy (non-hydrogen) atoms. The summed E-state index contributed by atoms with van der Waals surface area (Å²) in [6, 6.07) is 14.6. The predicted molar refractivity (Wildman–Crippen MR) is 153 cm³/mol. The number of carbonyl (C=O) groups is 1. The predicted octanol–water partition coefficient (Wildman–Crippen LogP) is 4.39. The number of hydrogen-bond donors (Lipinski definition) is 4. The van der Waals surface area contributed by atoms with Crippen LogP contribution in [-0.2, 0) is 16.0 Å². The van der Waals surface area contributed by atoms with Gasteiger partial charge in [0.05, 0.1) is 26.7 Å². The van der Waals surface area contributed by atoms with Gasteiger partial charge in [-0.05, 0) is 53.6 Å². The number of phenolic OH excluding ortho intramolecular Hbond substituents is 2. The van der Waals surface area contributed by atoms with Crippen molar-refractivity contribution in [2.45, 2.75) is 24.0 Å². The molecule has 220 valence electrons. The zero-order valence-corrected chi connectivity index (χ0v) is 23.3. The van der Waals surface area contributed by atoms with Crippen LogP contribution in [0.5, 0.6) is 34.5 Å². The first-order valence-electron chi connectivity index (χ1n) is 13.7. The second kappa shape index (κ2) is 9.74. The summed E-state index contributed by atoms with van der Waals surface area (Å²) in [6.45, 7) is 0.493. The van der Waals surface area contributed by atoms with Crippen LogP contribution in [-0.4, -0.2) is 59.2 Å². The topological polar surface area (TPSA) is 144 Å². The largest absolute Gasteiger partial charge is 0.504 e. The molecule has 4 N–H and O–H groups in total. The number of aliphatic hydroxyl groups is 2. The molecule has 10 heteroatoms. The Balaban J connectivity index is 0.000000140. The molecule has 0 aromatic heterocycles. The van der Waals surface area contributed by atoms with Crippen molar-refractivity contribution in [2.75, 3.05) is 27.4 Å². The number of ketones is 1. The molecule has 0 spiro atoms. The van der Waals surface area contributed by atoms with Gasteiger partial charge in [-0.15, -0.1) is 0 Å². The van der Waals surface area contributed by atoms with Crippen molar-refractivity contribution in [3.05, 3.63) is 100 Å². The van der Waals surface area contributed by atoms with Crippen molar-refractivity contribution in [3.8, 4) is 34.5 Å². The smallest absolute Gasteiger partial charge is 0.224 e. The number of hydrogen-bond acceptors (Lipinski definition) is 10. The molecule has 5 aliphatic rings. The van der Waals surface area contributed by atoms with Crippen molar-refractivity contribution in [1.29, 1.82) is 0 Å².